The van der Waals surface area contributed by atoms with Crippen molar-refractivity contribution in [3.63, 3.8) is 0 Å². The number of carbonyl (C=O) groups excluding carboxylic acids is 1. The van der Waals surface area contributed by atoms with Gasteiger partial charge in [-0.3, -0.25) is 9.69 Å². The summed E-state index contributed by atoms with van der Waals surface area (Å²) in [7, 11) is 0. The van der Waals surface area contributed by atoms with Crippen LogP contribution in [0.25, 0.3) is 0 Å². The van der Waals surface area contributed by atoms with Gasteiger partial charge in [-0.25, -0.2) is 4.79 Å². The van der Waals surface area contributed by atoms with Gasteiger partial charge in [0.1, 0.15) is 73.2 Å². The lowest BCUT2D eigenvalue weighted by Crippen LogP contribution is -2.71. The van der Waals surface area contributed by atoms with Crippen LogP contribution >= 0.6 is 0 Å². The van der Waals surface area contributed by atoms with Crippen LogP contribution in [0.2, 0.25) is 0 Å². The fraction of sp³-hybridized carbons (Fsp3) is 0.939. The monoisotopic (exact) mass is 818 g/mol. The predicted octanol–water partition coefficient (Wildman–Crippen LogP) is -7.60. The topological polar surface area (TPSA) is 368 Å². The van der Waals surface area contributed by atoms with Gasteiger partial charge in [-0.2, -0.15) is 0 Å². The van der Waals surface area contributed by atoms with Crippen LogP contribution in [-0.2, 0) is 38.0 Å². The molecular weight excluding hydrogens is 760 g/mol. The molecule has 23 nitrogen and oxygen atoms in total. The lowest BCUT2D eigenvalue weighted by atomic mass is 9.88. The van der Waals surface area contributed by atoms with Gasteiger partial charge >= 0.3 is 5.97 Å². The van der Waals surface area contributed by atoms with Crippen LogP contribution in [-0.4, -0.2) is 238 Å². The second-order valence-corrected chi connectivity index (χ2v) is 14.7. The molecule has 0 bridgehead atoms. The molecule has 4 rings (SSSR count). The maximum Gasteiger partial charge on any atom is 0.364 e. The largest absolute Gasteiger partial charge is 0.477 e. The molecule has 20 atom stereocenters. The summed E-state index contributed by atoms with van der Waals surface area (Å²) in [6.07, 6.45) is -30.0. The van der Waals surface area contributed by atoms with Gasteiger partial charge in [-0.05, 0) is 19.9 Å². The van der Waals surface area contributed by atoms with E-state index in [2.05, 4.69) is 5.32 Å². The van der Waals surface area contributed by atoms with Gasteiger partial charge in [0.15, 0.2) is 12.6 Å². The Bertz CT molecular complexity index is 1270. The minimum absolute atomic E-state index is 0.102. The average molecular weight is 819 g/mol. The number of likely N-dealkylation sites (tertiary alicyclic amines) is 1. The first-order chi connectivity index (χ1) is 26.4. The summed E-state index contributed by atoms with van der Waals surface area (Å²) in [6.45, 7) is 1.88. The van der Waals surface area contributed by atoms with E-state index in [1.165, 1.54) is 6.92 Å². The van der Waals surface area contributed by atoms with Gasteiger partial charge in [0, 0.05) is 19.9 Å². The molecule has 326 valence electrons. The van der Waals surface area contributed by atoms with E-state index >= 15 is 0 Å². The molecule has 0 aliphatic carbocycles. The van der Waals surface area contributed by atoms with Gasteiger partial charge in [0.05, 0.1) is 50.2 Å². The Kier molecular flexibility index (Phi) is 16.7. The Labute approximate surface area is 321 Å². The van der Waals surface area contributed by atoms with Crippen molar-refractivity contribution in [3.05, 3.63) is 0 Å². The first kappa shape index (κ1) is 46.9. The Morgan fingerprint density at radius 1 is 0.857 bits per heavy atom. The van der Waals surface area contributed by atoms with Gasteiger partial charge in [0.25, 0.3) is 5.79 Å². The van der Waals surface area contributed by atoms with Crippen molar-refractivity contribution in [2.45, 2.75) is 162 Å². The Hall–Kier alpha value is -1.82. The summed E-state index contributed by atoms with van der Waals surface area (Å²) in [5.74, 6) is -5.78. The third kappa shape index (κ3) is 9.95. The van der Waals surface area contributed by atoms with Crippen molar-refractivity contribution < 1.29 is 104 Å². The van der Waals surface area contributed by atoms with Crippen molar-refractivity contribution >= 4 is 11.9 Å². The second-order valence-electron chi connectivity index (χ2n) is 14.7. The van der Waals surface area contributed by atoms with Crippen molar-refractivity contribution in [1.29, 1.82) is 0 Å². The zero-order valence-corrected chi connectivity index (χ0v) is 31.2. The summed E-state index contributed by atoms with van der Waals surface area (Å²) >= 11 is 0. The van der Waals surface area contributed by atoms with Crippen LogP contribution in [0.4, 0.5) is 0 Å². The van der Waals surface area contributed by atoms with Crippen LogP contribution in [0.3, 0.4) is 0 Å². The molecule has 56 heavy (non-hydrogen) atoms. The maximum atomic E-state index is 12.9. The Morgan fingerprint density at radius 2 is 1.50 bits per heavy atom. The minimum Gasteiger partial charge on any atom is -0.477 e. The fourth-order valence-electron chi connectivity index (χ4n) is 7.51. The highest BCUT2D eigenvalue weighted by atomic mass is 16.8. The summed E-state index contributed by atoms with van der Waals surface area (Å²) in [5.41, 5.74) is 0. The molecule has 0 spiro atoms. The normalized spacial score (nSPS) is 44.9. The summed E-state index contributed by atoms with van der Waals surface area (Å²) in [4.78, 5) is 26.5. The van der Waals surface area contributed by atoms with Crippen molar-refractivity contribution in [1.82, 2.24) is 10.2 Å². The number of β-amino-alcohol motifs (C(OH)–C–C–N with tert-alkyl or cyclic N) is 1. The van der Waals surface area contributed by atoms with E-state index in [1.54, 1.807) is 4.90 Å². The molecule has 0 aromatic rings. The van der Waals surface area contributed by atoms with E-state index < -0.39 is 160 Å². The predicted molar refractivity (Wildman–Crippen MR) is 181 cm³/mol. The van der Waals surface area contributed by atoms with Gasteiger partial charge in [-0.1, -0.05) is 13.3 Å². The molecule has 4 saturated heterocycles. The smallest absolute Gasteiger partial charge is 0.364 e. The van der Waals surface area contributed by atoms with E-state index in [1.807, 2.05) is 6.92 Å². The quantitative estimate of drug-likeness (QED) is 0.0688. The highest BCUT2D eigenvalue weighted by Gasteiger charge is 2.60. The number of carboxylic acids is 1. The lowest BCUT2D eigenvalue weighted by Gasteiger charge is -2.52. The van der Waals surface area contributed by atoms with Crippen molar-refractivity contribution in [3.8, 4) is 0 Å². The molecule has 4 heterocycles. The number of hydrogen-bond acceptors (Lipinski definition) is 21. The number of nitrogens with zero attached hydrogens (tertiary/aromatic N) is 1. The molecule has 0 aromatic heterocycles. The number of amides is 1. The van der Waals surface area contributed by atoms with E-state index in [4.69, 9.17) is 28.4 Å². The molecule has 4 aliphatic rings. The van der Waals surface area contributed by atoms with E-state index in [-0.39, 0.29) is 6.54 Å². The van der Waals surface area contributed by atoms with Crippen molar-refractivity contribution in [2.75, 3.05) is 32.9 Å². The number of ether oxygens (including phenoxy) is 6. The zero-order chi connectivity index (χ0) is 41.8. The number of carbonyl (C=O) groups is 2. The molecular formula is C33H58N2O21. The number of carboxylic acid groups (broad SMARTS) is 1. The third-order valence-corrected chi connectivity index (χ3v) is 10.7. The standard InChI is InChI=1S/C33H58N2O21/c1-4-5-6-35-8-16(41)27(54-30-24(47)23(46)20(43)12(2)51-30)26(14(35)9-36)53-31-25(48)29(22(45)18(11-38)52-31)56-33(32(49)50)7-15(40)19(34-13(3)39)28(55-33)21(44)17(42)10-37/h12,14-31,36-38,40-48H,4-11H2,1-3H3,(H,34,39)(H,49,50)/t12-,14+,15-,16-,17+,18+,19+,20+,21+,22-,23+,24-,25+,26+,27+,28+,29-,30-,31-,33-/m0/s1. The molecule has 0 unspecified atom stereocenters. The minimum atomic E-state index is -3.06. The van der Waals surface area contributed by atoms with Crippen LogP contribution in [0.15, 0.2) is 0 Å². The number of aliphatic carboxylic acids is 1. The van der Waals surface area contributed by atoms with E-state index in [9.17, 15) is 76.0 Å². The maximum absolute atomic E-state index is 12.9. The first-order valence-corrected chi connectivity index (χ1v) is 18.5. The van der Waals surface area contributed by atoms with Gasteiger partial charge in [0.2, 0.25) is 5.91 Å². The summed E-state index contributed by atoms with van der Waals surface area (Å²) in [5, 5.41) is 141. The van der Waals surface area contributed by atoms with E-state index in [0.717, 1.165) is 6.92 Å². The second kappa shape index (κ2) is 20.0. The van der Waals surface area contributed by atoms with Crippen molar-refractivity contribution in [2.24, 2.45) is 0 Å². The Balaban J connectivity index is 1.69. The van der Waals surface area contributed by atoms with Gasteiger partial charge < -0.3 is 100 Å². The zero-order valence-electron chi connectivity index (χ0n) is 31.2. The van der Waals surface area contributed by atoms with Crippen LogP contribution in [0.1, 0.15) is 40.0 Å². The molecule has 0 saturated carbocycles. The van der Waals surface area contributed by atoms with Gasteiger partial charge in [-0.15, -0.1) is 0 Å². The van der Waals surface area contributed by atoms with Crippen LogP contribution in [0, 0.1) is 0 Å². The summed E-state index contributed by atoms with van der Waals surface area (Å²) < 4.78 is 34.8. The number of nitrogens with one attached hydrogen (secondary N) is 1. The molecule has 1 amide bonds. The number of unbranched alkanes of at least 4 members (excludes halogenated alkanes) is 1. The Morgan fingerprint density at radius 3 is 2.07 bits per heavy atom. The highest BCUT2D eigenvalue weighted by Crippen LogP contribution is 2.39. The average Bonchev–Trinajstić information content (AvgIpc) is 3.15. The third-order valence-electron chi connectivity index (χ3n) is 10.7. The molecule has 4 fully saturated rings. The molecule has 0 radical (unpaired) electrons. The van der Waals surface area contributed by atoms with E-state index in [0.29, 0.717) is 19.4 Å². The highest BCUT2D eigenvalue weighted by molar-refractivity contribution is 5.76. The molecule has 23 heteroatoms. The molecule has 14 N–H and O–H groups in total. The number of aliphatic hydroxyl groups excluding tert-OH is 12. The SMILES string of the molecule is CCCCN1C[C@H](O)[C@@H](O[C@@H]2O[C@@H](C)[C@@H](O)[C@@H](O)[C@@H]2O)[C@H](O[C@@H]2O[C@H](CO)[C@H](O)[C@H](O[C@]3(C(=O)O)C[C@H](O)[C@@H](NC(C)=O)[C@H]([C@H](O)[C@H](O)CO)O3)[C@H]2O)[C@H]1CO. The molecule has 4 aliphatic heterocycles. The number of hydrogen-bond donors (Lipinski definition) is 14. The summed E-state index contributed by atoms with van der Waals surface area (Å²) in [6, 6.07) is -2.60. The first-order valence-electron chi connectivity index (χ1n) is 18.5. The van der Waals surface area contributed by atoms with Crippen LogP contribution < -0.4 is 5.32 Å². The lowest BCUT2D eigenvalue weighted by molar-refractivity contribution is -0.383. The number of rotatable bonds is 16. The fourth-order valence-corrected chi connectivity index (χ4v) is 7.51. The number of piperidine rings is 1. The number of aliphatic hydroxyl groups is 12. The molecule has 0 aromatic carbocycles. The van der Waals surface area contributed by atoms with Crippen LogP contribution in [0.5, 0.6) is 0 Å².